The molecule has 0 saturated carbocycles. The monoisotopic (exact) mass is 710 g/mol. The number of amides is 1. The van der Waals surface area contributed by atoms with Crippen LogP contribution in [0.25, 0.3) is 32.9 Å². The number of carbonyl (C=O) groups excluding carboxylic acids is 1. The van der Waals surface area contributed by atoms with E-state index in [9.17, 15) is 14.3 Å². The molecule has 10 nitrogen and oxygen atoms in total. The van der Waals surface area contributed by atoms with E-state index in [1.807, 2.05) is 0 Å². The van der Waals surface area contributed by atoms with Gasteiger partial charge in [-0.3, -0.25) is 14.9 Å². The molecule has 272 valence electrons. The highest BCUT2D eigenvalue weighted by Crippen LogP contribution is 2.43. The largest absolute Gasteiger partial charge is 0.505 e. The van der Waals surface area contributed by atoms with Gasteiger partial charge in [0.25, 0.3) is 0 Å². The highest BCUT2D eigenvalue weighted by atomic mass is 19.1. The van der Waals surface area contributed by atoms with Crippen LogP contribution in [0, 0.1) is 17.5 Å². The van der Waals surface area contributed by atoms with Gasteiger partial charge in [0, 0.05) is 48.6 Å². The van der Waals surface area contributed by atoms with Crippen molar-refractivity contribution in [2.75, 3.05) is 37.8 Å². The summed E-state index contributed by atoms with van der Waals surface area (Å²) in [6.45, 7) is 8.78. The minimum Gasteiger partial charge on any atom is -0.505 e. The fraction of sp³-hybridized carbons (Fsp3) is 0.514. The van der Waals surface area contributed by atoms with E-state index in [2.05, 4.69) is 14.9 Å². The van der Waals surface area contributed by atoms with Crippen LogP contribution in [0.2, 0.25) is 0 Å². The van der Waals surface area contributed by atoms with Crippen molar-refractivity contribution in [2.45, 2.75) is 90.0 Å². The first kappa shape index (κ1) is 35.0. The molecule has 0 unspecified atom stereocenters. The summed E-state index contributed by atoms with van der Waals surface area (Å²) in [5.41, 5.74) is -1.73. The molecule has 0 aliphatic carbocycles. The van der Waals surface area contributed by atoms with Crippen LogP contribution in [0.5, 0.6) is 11.8 Å². The summed E-state index contributed by atoms with van der Waals surface area (Å²) in [6.07, 6.45) is 4.03. The van der Waals surface area contributed by atoms with Crippen LogP contribution >= 0.6 is 0 Å². The zero-order chi connectivity index (χ0) is 36.2. The molecule has 2 aromatic carbocycles. The second-order valence-corrected chi connectivity index (χ2v) is 14.7. The van der Waals surface area contributed by atoms with E-state index in [0.717, 1.165) is 37.9 Å². The summed E-state index contributed by atoms with van der Waals surface area (Å²) in [7, 11) is 0. The van der Waals surface area contributed by atoms with Crippen molar-refractivity contribution in [1.82, 2.24) is 24.9 Å². The summed E-state index contributed by atoms with van der Waals surface area (Å²) in [5, 5.41) is 13.8. The molecule has 0 spiro atoms. The topological polar surface area (TPSA) is 104 Å². The Morgan fingerprint density at radius 3 is 2.59 bits per heavy atom. The van der Waals surface area contributed by atoms with Gasteiger partial charge in [0.05, 0.1) is 10.9 Å². The maximum Gasteiger partial charge on any atom is 0.429 e. The number of aromatic nitrogens is 3. The molecular formula is C37H42F4N6O4. The first-order chi connectivity index (χ1) is 24.3. The highest BCUT2D eigenvalue weighted by Gasteiger charge is 2.49. The smallest absolute Gasteiger partial charge is 0.429 e. The molecule has 2 atom stereocenters. The van der Waals surface area contributed by atoms with Gasteiger partial charge in [0.2, 0.25) is 0 Å². The predicted octanol–water partition coefficient (Wildman–Crippen LogP) is 7.63. The number of phenols is 1. The van der Waals surface area contributed by atoms with Gasteiger partial charge in [-0.1, -0.05) is 6.92 Å². The van der Waals surface area contributed by atoms with Crippen LogP contribution in [-0.2, 0) is 11.2 Å². The molecule has 3 aliphatic heterocycles. The molecule has 3 aliphatic rings. The maximum absolute atomic E-state index is 17.1. The molecule has 5 heterocycles. The molecule has 4 aromatic rings. The van der Waals surface area contributed by atoms with E-state index in [0.29, 0.717) is 38.9 Å². The number of benzene rings is 2. The lowest BCUT2D eigenvalue weighted by Gasteiger charge is -2.36. The summed E-state index contributed by atoms with van der Waals surface area (Å²) < 4.78 is 73.9. The van der Waals surface area contributed by atoms with Gasteiger partial charge < -0.3 is 14.6 Å². The second-order valence-electron chi connectivity index (χ2n) is 14.7. The van der Waals surface area contributed by atoms with E-state index in [1.165, 1.54) is 17.3 Å². The molecule has 0 radical (unpaired) electrons. The normalized spacial score (nSPS) is 21.4. The third-order valence-electron chi connectivity index (χ3n) is 10.1. The lowest BCUT2D eigenvalue weighted by molar-refractivity contribution is 0.0232. The number of phenolic OH excluding ortho intramolecular Hbond substituents is 1. The SMILES string of the molecule is CCc1c(F)ccc2c(F)c(O)cc(-c3ncc4c(N5CCCCCN5C(=O)OC(C)(C)C)nc(OC[C@@]56CCCN5C[C@H](F)C6)nc4c3F)c12. The number of aryl methyl sites for hydroxylation is 1. The maximum atomic E-state index is 17.1. The number of hydrazine groups is 1. The number of rotatable bonds is 6. The van der Waals surface area contributed by atoms with Crippen molar-refractivity contribution in [1.29, 1.82) is 0 Å². The fourth-order valence-corrected chi connectivity index (χ4v) is 7.84. The second kappa shape index (κ2) is 13.3. The highest BCUT2D eigenvalue weighted by molar-refractivity contribution is 6.02. The molecule has 14 heteroatoms. The van der Waals surface area contributed by atoms with Gasteiger partial charge in [-0.15, -0.1) is 0 Å². The average Bonchev–Trinajstić information content (AvgIpc) is 3.48. The van der Waals surface area contributed by atoms with E-state index in [-0.39, 0.29) is 63.4 Å². The molecule has 51 heavy (non-hydrogen) atoms. The lowest BCUT2D eigenvalue weighted by atomic mass is 9.94. The zero-order valence-electron chi connectivity index (χ0n) is 29.2. The Morgan fingerprint density at radius 1 is 1.04 bits per heavy atom. The van der Waals surface area contributed by atoms with Crippen LogP contribution in [0.4, 0.5) is 28.2 Å². The van der Waals surface area contributed by atoms with Crippen molar-refractivity contribution < 1.29 is 36.9 Å². The molecule has 0 bridgehead atoms. The van der Waals surface area contributed by atoms with Crippen LogP contribution in [0.3, 0.4) is 0 Å². The van der Waals surface area contributed by atoms with E-state index in [1.54, 1.807) is 32.7 Å². The van der Waals surface area contributed by atoms with Crippen molar-refractivity contribution in [3.63, 3.8) is 0 Å². The Morgan fingerprint density at radius 2 is 1.82 bits per heavy atom. The quantitative estimate of drug-likeness (QED) is 0.202. The van der Waals surface area contributed by atoms with Crippen molar-refractivity contribution in [2.24, 2.45) is 0 Å². The van der Waals surface area contributed by atoms with Crippen LogP contribution in [-0.4, -0.2) is 86.2 Å². The molecule has 3 saturated heterocycles. The Bertz CT molecular complexity index is 2010. The summed E-state index contributed by atoms with van der Waals surface area (Å²) in [4.78, 5) is 29.3. The van der Waals surface area contributed by atoms with Gasteiger partial charge >= 0.3 is 12.1 Å². The Balaban J connectivity index is 1.41. The summed E-state index contributed by atoms with van der Waals surface area (Å²) in [6, 6.07) is 3.17. The van der Waals surface area contributed by atoms with E-state index in [4.69, 9.17) is 14.5 Å². The third kappa shape index (κ3) is 6.36. The standard InChI is InChI=1S/C37H42F4N6O4/c1-5-22-26(39)11-10-23-28(22)24(16-27(48)29(23)40)31-30(41)32-25(18-42-31)33(46-14-7-6-8-15-47(46)35(49)51-36(2,3)4)44-34(43-32)50-20-37-12-9-13-45(37)19-21(38)17-37/h10-11,16,18,21,48H,5-9,12-15,17,19-20H2,1-4H3/t21-,37+/m1/s1. The Kier molecular flexibility index (Phi) is 9.09. The molecular weight excluding hydrogens is 668 g/mol. The van der Waals surface area contributed by atoms with Gasteiger partial charge in [-0.2, -0.15) is 9.97 Å². The van der Waals surface area contributed by atoms with Crippen LogP contribution in [0.15, 0.2) is 24.4 Å². The number of pyridine rings is 1. The number of anilines is 1. The third-order valence-corrected chi connectivity index (χ3v) is 10.1. The number of ether oxygens (including phenoxy) is 2. The van der Waals surface area contributed by atoms with Gasteiger partial charge in [-0.25, -0.2) is 27.4 Å². The van der Waals surface area contributed by atoms with Crippen molar-refractivity contribution in [3.05, 3.63) is 47.4 Å². The molecule has 1 amide bonds. The average molecular weight is 711 g/mol. The molecule has 1 N–H and O–H groups in total. The number of carbonyl (C=O) groups is 1. The van der Waals surface area contributed by atoms with Gasteiger partial charge in [0.1, 0.15) is 35.4 Å². The van der Waals surface area contributed by atoms with Crippen LogP contribution < -0.4 is 9.75 Å². The number of nitrogens with zero attached hydrogens (tertiary/aromatic N) is 6. The van der Waals surface area contributed by atoms with E-state index >= 15 is 13.2 Å². The molecule has 2 aromatic heterocycles. The minimum atomic E-state index is -0.993. The number of alkyl halides is 1. The number of hydrogen-bond acceptors (Lipinski definition) is 9. The Hall–Kier alpha value is -4.46. The first-order valence-electron chi connectivity index (χ1n) is 17.6. The first-order valence-corrected chi connectivity index (χ1v) is 17.6. The van der Waals surface area contributed by atoms with Crippen molar-refractivity contribution >= 4 is 33.6 Å². The van der Waals surface area contributed by atoms with Gasteiger partial charge in [-0.05, 0) is 89.6 Å². The summed E-state index contributed by atoms with van der Waals surface area (Å²) in [5.74, 6) is -3.10. The summed E-state index contributed by atoms with van der Waals surface area (Å²) >= 11 is 0. The van der Waals surface area contributed by atoms with Crippen molar-refractivity contribution in [3.8, 4) is 23.0 Å². The molecule has 7 rings (SSSR count). The predicted molar refractivity (Wildman–Crippen MR) is 184 cm³/mol. The zero-order valence-corrected chi connectivity index (χ0v) is 29.2. The Labute approximate surface area is 293 Å². The number of halogens is 4. The number of fused-ring (bicyclic) bond motifs is 3. The van der Waals surface area contributed by atoms with E-state index < -0.39 is 46.6 Å². The fourth-order valence-electron chi connectivity index (χ4n) is 7.84. The van der Waals surface area contributed by atoms with Crippen LogP contribution in [0.1, 0.15) is 71.8 Å². The number of aromatic hydroxyl groups is 1. The molecule has 3 fully saturated rings. The minimum absolute atomic E-state index is 0.0205. The van der Waals surface area contributed by atoms with Gasteiger partial charge in [0.15, 0.2) is 23.2 Å². The lowest BCUT2D eigenvalue weighted by Crippen LogP contribution is -2.49. The number of hydrogen-bond donors (Lipinski definition) is 1.